The van der Waals surface area contributed by atoms with Crippen LogP contribution in [0, 0.1) is 0 Å². The number of hydrogen-bond donors (Lipinski definition) is 2. The van der Waals surface area contributed by atoms with Gasteiger partial charge < -0.3 is 15.8 Å². The summed E-state index contributed by atoms with van der Waals surface area (Å²) in [6.45, 7) is 5.34. The molecule has 0 amide bonds. The Morgan fingerprint density at radius 1 is 1.28 bits per heavy atom. The molecule has 0 heterocycles. The molecule has 0 aromatic carbocycles. The average Bonchev–Trinajstić information content (AvgIpc) is 2.53. The standard InChI is InChI=1S/C13H27N3O.HI/c1-11(2)17-10-9-15-13(14)16-12-7-5-3-4-6-8-12;/h11-12H,3-10H2,1-2H3,(H3,14,15,16);1H. The minimum atomic E-state index is 0. The van der Waals surface area contributed by atoms with Gasteiger partial charge in [0, 0.05) is 6.04 Å². The molecule has 0 aliphatic heterocycles. The number of aliphatic imine (C=N–C) groups is 1. The molecule has 0 saturated heterocycles. The predicted molar refractivity (Wildman–Crippen MR) is 87.6 cm³/mol. The Morgan fingerprint density at radius 3 is 2.44 bits per heavy atom. The molecular weight excluding hydrogens is 341 g/mol. The summed E-state index contributed by atoms with van der Waals surface area (Å²) in [4.78, 5) is 4.28. The van der Waals surface area contributed by atoms with Crippen LogP contribution in [0.4, 0.5) is 0 Å². The van der Waals surface area contributed by atoms with E-state index >= 15 is 0 Å². The van der Waals surface area contributed by atoms with Gasteiger partial charge >= 0.3 is 0 Å². The lowest BCUT2D eigenvalue weighted by Crippen LogP contribution is -2.40. The van der Waals surface area contributed by atoms with Gasteiger partial charge in [0.25, 0.3) is 0 Å². The zero-order chi connectivity index (χ0) is 12.5. The van der Waals surface area contributed by atoms with Crippen molar-refractivity contribution in [2.75, 3.05) is 13.2 Å². The van der Waals surface area contributed by atoms with E-state index in [1.165, 1.54) is 38.5 Å². The summed E-state index contributed by atoms with van der Waals surface area (Å²) >= 11 is 0. The summed E-state index contributed by atoms with van der Waals surface area (Å²) in [5, 5.41) is 3.32. The number of nitrogens with two attached hydrogens (primary N) is 1. The molecule has 18 heavy (non-hydrogen) atoms. The summed E-state index contributed by atoms with van der Waals surface area (Å²) in [6.07, 6.45) is 8.04. The van der Waals surface area contributed by atoms with Crippen LogP contribution in [0.1, 0.15) is 52.4 Å². The molecule has 108 valence electrons. The van der Waals surface area contributed by atoms with E-state index in [-0.39, 0.29) is 30.1 Å². The predicted octanol–water partition coefficient (Wildman–Crippen LogP) is 2.66. The van der Waals surface area contributed by atoms with Gasteiger partial charge in [0.2, 0.25) is 0 Å². The lowest BCUT2D eigenvalue weighted by Gasteiger charge is -2.16. The smallest absolute Gasteiger partial charge is 0.188 e. The zero-order valence-electron chi connectivity index (χ0n) is 11.7. The topological polar surface area (TPSA) is 59.6 Å². The second-order valence-electron chi connectivity index (χ2n) is 5.02. The van der Waals surface area contributed by atoms with Crippen molar-refractivity contribution < 1.29 is 4.74 Å². The molecule has 1 fully saturated rings. The molecule has 5 heteroatoms. The Bertz CT molecular complexity index is 226. The van der Waals surface area contributed by atoms with Crippen LogP contribution in [0.25, 0.3) is 0 Å². The van der Waals surface area contributed by atoms with Crippen molar-refractivity contribution in [2.45, 2.75) is 64.5 Å². The zero-order valence-corrected chi connectivity index (χ0v) is 14.0. The third kappa shape index (κ3) is 8.97. The Morgan fingerprint density at radius 2 is 1.89 bits per heavy atom. The van der Waals surface area contributed by atoms with Crippen molar-refractivity contribution in [3.8, 4) is 0 Å². The normalized spacial score (nSPS) is 18.3. The largest absolute Gasteiger partial charge is 0.377 e. The van der Waals surface area contributed by atoms with Crippen molar-refractivity contribution in [1.29, 1.82) is 0 Å². The molecule has 0 unspecified atom stereocenters. The van der Waals surface area contributed by atoms with E-state index in [4.69, 9.17) is 10.5 Å². The number of ether oxygens (including phenoxy) is 1. The van der Waals surface area contributed by atoms with Gasteiger partial charge in [-0.3, -0.25) is 4.99 Å². The van der Waals surface area contributed by atoms with E-state index in [0.29, 0.717) is 25.2 Å². The van der Waals surface area contributed by atoms with Crippen LogP contribution in [0.5, 0.6) is 0 Å². The number of hydrogen-bond acceptors (Lipinski definition) is 2. The molecule has 0 aromatic rings. The maximum Gasteiger partial charge on any atom is 0.188 e. The maximum absolute atomic E-state index is 5.86. The van der Waals surface area contributed by atoms with Crippen LogP contribution in [0.2, 0.25) is 0 Å². The van der Waals surface area contributed by atoms with Crippen LogP contribution >= 0.6 is 24.0 Å². The van der Waals surface area contributed by atoms with Crippen LogP contribution in [-0.4, -0.2) is 31.3 Å². The monoisotopic (exact) mass is 369 g/mol. The Kier molecular flexibility index (Phi) is 10.8. The molecule has 1 saturated carbocycles. The fraction of sp³-hybridized carbons (Fsp3) is 0.923. The Labute approximate surface area is 128 Å². The lowest BCUT2D eigenvalue weighted by atomic mass is 10.1. The minimum absolute atomic E-state index is 0. The third-order valence-corrected chi connectivity index (χ3v) is 3.03. The summed E-state index contributed by atoms with van der Waals surface area (Å²) in [5.41, 5.74) is 5.86. The van der Waals surface area contributed by atoms with Gasteiger partial charge in [-0.25, -0.2) is 0 Å². The van der Waals surface area contributed by atoms with Crippen molar-refractivity contribution in [2.24, 2.45) is 10.7 Å². The molecular formula is C13H28IN3O. The molecule has 0 aromatic heterocycles. The molecule has 1 aliphatic carbocycles. The second kappa shape index (κ2) is 10.8. The summed E-state index contributed by atoms with van der Waals surface area (Å²) < 4.78 is 5.41. The number of rotatable bonds is 5. The molecule has 3 N–H and O–H groups in total. The van der Waals surface area contributed by atoms with E-state index in [2.05, 4.69) is 10.3 Å². The van der Waals surface area contributed by atoms with E-state index in [9.17, 15) is 0 Å². The molecule has 0 bridgehead atoms. The lowest BCUT2D eigenvalue weighted by molar-refractivity contribution is 0.0853. The first kappa shape index (κ1) is 18.0. The summed E-state index contributed by atoms with van der Waals surface area (Å²) in [7, 11) is 0. The highest BCUT2D eigenvalue weighted by atomic mass is 127. The van der Waals surface area contributed by atoms with E-state index in [0.717, 1.165) is 0 Å². The number of halogens is 1. The van der Waals surface area contributed by atoms with Gasteiger partial charge in [0.1, 0.15) is 0 Å². The van der Waals surface area contributed by atoms with E-state index < -0.39 is 0 Å². The summed E-state index contributed by atoms with van der Waals surface area (Å²) in [6, 6.07) is 0.521. The first-order valence-electron chi connectivity index (χ1n) is 6.86. The molecule has 0 atom stereocenters. The first-order chi connectivity index (χ1) is 8.18. The van der Waals surface area contributed by atoms with Gasteiger partial charge in [-0.2, -0.15) is 0 Å². The van der Waals surface area contributed by atoms with Crippen molar-refractivity contribution in [3.63, 3.8) is 0 Å². The molecule has 1 rings (SSSR count). The van der Waals surface area contributed by atoms with Crippen molar-refractivity contribution >= 4 is 29.9 Å². The van der Waals surface area contributed by atoms with Crippen LogP contribution in [0.3, 0.4) is 0 Å². The van der Waals surface area contributed by atoms with E-state index in [1.807, 2.05) is 13.8 Å². The van der Waals surface area contributed by atoms with Gasteiger partial charge in [-0.05, 0) is 26.7 Å². The molecule has 0 radical (unpaired) electrons. The van der Waals surface area contributed by atoms with Crippen molar-refractivity contribution in [1.82, 2.24) is 5.32 Å². The maximum atomic E-state index is 5.86. The highest BCUT2D eigenvalue weighted by Gasteiger charge is 2.11. The average molecular weight is 369 g/mol. The fourth-order valence-electron chi connectivity index (χ4n) is 2.13. The van der Waals surface area contributed by atoms with Crippen LogP contribution in [-0.2, 0) is 4.74 Å². The Balaban J connectivity index is 0.00000289. The van der Waals surface area contributed by atoms with Gasteiger partial charge in [-0.1, -0.05) is 25.7 Å². The molecule has 1 aliphatic rings. The Hall–Kier alpha value is -0.0400. The highest BCUT2D eigenvalue weighted by molar-refractivity contribution is 14.0. The SMILES string of the molecule is CC(C)OCCN=C(N)NC1CCCCCC1.I. The minimum Gasteiger partial charge on any atom is -0.377 e. The van der Waals surface area contributed by atoms with Crippen LogP contribution in [0.15, 0.2) is 4.99 Å². The van der Waals surface area contributed by atoms with E-state index in [1.54, 1.807) is 0 Å². The first-order valence-corrected chi connectivity index (χ1v) is 6.86. The fourth-order valence-corrected chi connectivity index (χ4v) is 2.13. The summed E-state index contributed by atoms with van der Waals surface area (Å²) in [5.74, 6) is 0.573. The highest BCUT2D eigenvalue weighted by Crippen LogP contribution is 2.16. The number of nitrogens with one attached hydrogen (secondary N) is 1. The van der Waals surface area contributed by atoms with Crippen molar-refractivity contribution in [3.05, 3.63) is 0 Å². The molecule has 0 spiro atoms. The molecule has 4 nitrogen and oxygen atoms in total. The van der Waals surface area contributed by atoms with Crippen LogP contribution < -0.4 is 11.1 Å². The number of guanidine groups is 1. The van der Waals surface area contributed by atoms with Gasteiger partial charge in [0.05, 0.1) is 19.3 Å². The second-order valence-corrected chi connectivity index (χ2v) is 5.02. The third-order valence-electron chi connectivity index (χ3n) is 3.03. The van der Waals surface area contributed by atoms with Gasteiger partial charge in [0.15, 0.2) is 5.96 Å². The number of nitrogens with zero attached hydrogens (tertiary/aromatic N) is 1. The van der Waals surface area contributed by atoms with Gasteiger partial charge in [-0.15, -0.1) is 24.0 Å². The quantitative estimate of drug-likeness (QED) is 0.258.